The lowest BCUT2D eigenvalue weighted by atomic mass is 10.2. The fraction of sp³-hybridized carbons (Fsp3) is 0.278. The van der Waals surface area contributed by atoms with Crippen molar-refractivity contribution in [1.82, 2.24) is 5.32 Å². The summed E-state index contributed by atoms with van der Waals surface area (Å²) in [6, 6.07) is 12.6. The smallest absolute Gasteiger partial charge is 0.272 e. The minimum Gasteiger partial charge on any atom is -0.484 e. The number of thioether (sulfide) groups is 1. The maximum Gasteiger partial charge on any atom is 0.272 e. The summed E-state index contributed by atoms with van der Waals surface area (Å²) in [5, 5.41) is 13.5. The van der Waals surface area contributed by atoms with E-state index in [4.69, 9.17) is 4.74 Å². The number of hydrogen-bond acceptors (Lipinski definition) is 5. The first-order chi connectivity index (χ1) is 12.0. The van der Waals surface area contributed by atoms with Gasteiger partial charge in [-0.15, -0.1) is 11.8 Å². The van der Waals surface area contributed by atoms with Crippen molar-refractivity contribution in [3.05, 3.63) is 63.7 Å². The molecular formula is C18H20N2O4S. The van der Waals surface area contributed by atoms with Gasteiger partial charge in [0.2, 0.25) is 0 Å². The first-order valence-electron chi connectivity index (χ1n) is 7.79. The number of rotatable bonds is 8. The monoisotopic (exact) mass is 360 g/mol. The van der Waals surface area contributed by atoms with Gasteiger partial charge in [-0.3, -0.25) is 14.9 Å². The number of nitrogens with zero attached hydrogens (tertiary/aromatic N) is 1. The van der Waals surface area contributed by atoms with E-state index in [1.807, 2.05) is 6.92 Å². The molecule has 6 nitrogen and oxygen atoms in total. The summed E-state index contributed by atoms with van der Waals surface area (Å²) in [6.07, 6.45) is 0. The summed E-state index contributed by atoms with van der Waals surface area (Å²) < 4.78 is 5.37. The van der Waals surface area contributed by atoms with Gasteiger partial charge in [0.1, 0.15) is 5.75 Å². The molecule has 0 aliphatic rings. The van der Waals surface area contributed by atoms with Crippen LogP contribution in [0.3, 0.4) is 0 Å². The van der Waals surface area contributed by atoms with Crippen molar-refractivity contribution >= 4 is 23.4 Å². The molecule has 1 N–H and O–H groups in total. The van der Waals surface area contributed by atoms with Gasteiger partial charge in [0.05, 0.1) is 4.92 Å². The number of carbonyl (C=O) groups excluding carboxylic acids is 1. The van der Waals surface area contributed by atoms with Gasteiger partial charge < -0.3 is 10.1 Å². The van der Waals surface area contributed by atoms with Crippen molar-refractivity contribution in [3.8, 4) is 5.75 Å². The highest BCUT2D eigenvalue weighted by Gasteiger charge is 2.11. The minimum atomic E-state index is -0.447. The van der Waals surface area contributed by atoms with E-state index in [9.17, 15) is 14.9 Å². The van der Waals surface area contributed by atoms with Crippen molar-refractivity contribution < 1.29 is 14.5 Å². The fourth-order valence-electron chi connectivity index (χ4n) is 2.12. The Balaban J connectivity index is 1.69. The second-order valence-electron chi connectivity index (χ2n) is 5.51. The third kappa shape index (κ3) is 6.11. The molecule has 25 heavy (non-hydrogen) atoms. The van der Waals surface area contributed by atoms with Crippen LogP contribution in [-0.2, 0) is 4.79 Å². The van der Waals surface area contributed by atoms with Gasteiger partial charge in [0.25, 0.3) is 11.6 Å². The minimum absolute atomic E-state index is 0.0323. The standard InChI is InChI=1S/C18H20N2O4S/c1-13-3-6-16(7-4-13)25-10-9-19-18(21)12-24-15-5-8-17(20(22)23)14(2)11-15/h3-8,11H,9-10,12H2,1-2H3,(H,19,21). The first-order valence-corrected chi connectivity index (χ1v) is 8.78. The Kier molecular flexibility index (Phi) is 6.82. The molecule has 0 aliphatic carbocycles. The Morgan fingerprint density at radius 1 is 1.20 bits per heavy atom. The highest BCUT2D eigenvalue weighted by atomic mass is 32.2. The fourth-order valence-corrected chi connectivity index (χ4v) is 2.88. The summed E-state index contributed by atoms with van der Waals surface area (Å²) in [5.41, 5.74) is 1.75. The summed E-state index contributed by atoms with van der Waals surface area (Å²) in [4.78, 5) is 23.3. The molecule has 7 heteroatoms. The lowest BCUT2D eigenvalue weighted by molar-refractivity contribution is -0.385. The van der Waals surface area contributed by atoms with E-state index in [1.54, 1.807) is 24.8 Å². The molecule has 0 aromatic heterocycles. The average molecular weight is 360 g/mol. The maximum absolute atomic E-state index is 11.8. The van der Waals surface area contributed by atoms with Gasteiger partial charge in [-0.2, -0.15) is 0 Å². The van der Waals surface area contributed by atoms with Gasteiger partial charge in [-0.1, -0.05) is 17.7 Å². The molecule has 132 valence electrons. The molecular weight excluding hydrogens is 340 g/mol. The number of benzene rings is 2. The lowest BCUT2D eigenvalue weighted by Gasteiger charge is -2.08. The van der Waals surface area contributed by atoms with Crippen molar-refractivity contribution in [3.63, 3.8) is 0 Å². The molecule has 0 saturated carbocycles. The van der Waals surface area contributed by atoms with Gasteiger partial charge in [0, 0.05) is 28.8 Å². The SMILES string of the molecule is Cc1ccc(SCCNC(=O)COc2ccc([N+](=O)[O-])c(C)c2)cc1. The van der Waals surface area contributed by atoms with Gasteiger partial charge in [-0.05, 0) is 38.1 Å². The van der Waals surface area contributed by atoms with Crippen molar-refractivity contribution in [2.24, 2.45) is 0 Å². The zero-order chi connectivity index (χ0) is 18.2. The first kappa shape index (κ1) is 18.8. The average Bonchev–Trinajstić information content (AvgIpc) is 2.58. The Bertz CT molecular complexity index is 747. The molecule has 0 saturated heterocycles. The van der Waals surface area contributed by atoms with Crippen LogP contribution in [0.5, 0.6) is 5.75 Å². The third-order valence-electron chi connectivity index (χ3n) is 3.45. The van der Waals surface area contributed by atoms with E-state index in [-0.39, 0.29) is 18.2 Å². The molecule has 0 unspecified atom stereocenters. The highest BCUT2D eigenvalue weighted by molar-refractivity contribution is 7.99. The summed E-state index contributed by atoms with van der Waals surface area (Å²) in [7, 11) is 0. The van der Waals surface area contributed by atoms with Crippen LogP contribution in [0.25, 0.3) is 0 Å². The zero-order valence-electron chi connectivity index (χ0n) is 14.2. The van der Waals surface area contributed by atoms with E-state index in [0.29, 0.717) is 17.9 Å². The molecule has 0 heterocycles. The molecule has 2 aromatic rings. The van der Waals surface area contributed by atoms with Crippen LogP contribution in [-0.4, -0.2) is 29.7 Å². The molecule has 0 spiro atoms. The summed E-state index contributed by atoms with van der Waals surface area (Å²) >= 11 is 1.67. The topological polar surface area (TPSA) is 81.5 Å². The van der Waals surface area contributed by atoms with Crippen LogP contribution in [0.1, 0.15) is 11.1 Å². The molecule has 0 atom stereocenters. The molecule has 1 amide bonds. The Hall–Kier alpha value is -2.54. The molecule has 0 aliphatic heterocycles. The van der Waals surface area contributed by atoms with Crippen LogP contribution in [0, 0.1) is 24.0 Å². The quantitative estimate of drug-likeness (QED) is 0.337. The van der Waals surface area contributed by atoms with Crippen LogP contribution < -0.4 is 10.1 Å². The van der Waals surface area contributed by atoms with E-state index in [2.05, 4.69) is 29.6 Å². The molecule has 0 radical (unpaired) electrons. The molecule has 0 fully saturated rings. The zero-order valence-corrected chi connectivity index (χ0v) is 15.0. The molecule has 0 bridgehead atoms. The third-order valence-corrected chi connectivity index (χ3v) is 4.46. The Labute approximate surface area is 150 Å². The number of nitro groups is 1. The number of hydrogen-bond donors (Lipinski definition) is 1. The van der Waals surface area contributed by atoms with E-state index >= 15 is 0 Å². The summed E-state index contributed by atoms with van der Waals surface area (Å²) in [5.74, 6) is 0.985. The van der Waals surface area contributed by atoms with Gasteiger partial charge >= 0.3 is 0 Å². The number of carbonyl (C=O) groups is 1. The van der Waals surface area contributed by atoms with Crippen molar-refractivity contribution in [1.29, 1.82) is 0 Å². The van der Waals surface area contributed by atoms with Crippen molar-refractivity contribution in [2.75, 3.05) is 18.9 Å². The molecule has 2 rings (SSSR count). The highest BCUT2D eigenvalue weighted by Crippen LogP contribution is 2.23. The van der Waals surface area contributed by atoms with E-state index in [0.717, 1.165) is 10.6 Å². The number of nitro benzene ring substituents is 1. The summed E-state index contributed by atoms with van der Waals surface area (Å²) in [6.45, 7) is 4.10. The van der Waals surface area contributed by atoms with Crippen LogP contribution in [0.2, 0.25) is 0 Å². The number of nitrogens with one attached hydrogen (secondary N) is 1. The second-order valence-corrected chi connectivity index (χ2v) is 6.67. The number of aryl methyl sites for hydroxylation is 2. The van der Waals surface area contributed by atoms with E-state index < -0.39 is 4.92 Å². The van der Waals surface area contributed by atoms with Gasteiger partial charge in [-0.25, -0.2) is 0 Å². The lowest BCUT2D eigenvalue weighted by Crippen LogP contribution is -2.30. The number of ether oxygens (including phenoxy) is 1. The predicted molar refractivity (Wildman–Crippen MR) is 98.2 cm³/mol. The van der Waals surface area contributed by atoms with Crippen molar-refractivity contribution in [2.45, 2.75) is 18.7 Å². The second kappa shape index (κ2) is 9.08. The van der Waals surface area contributed by atoms with E-state index in [1.165, 1.54) is 17.7 Å². The number of amides is 1. The van der Waals surface area contributed by atoms with Gasteiger partial charge in [0.15, 0.2) is 6.61 Å². The Morgan fingerprint density at radius 3 is 2.56 bits per heavy atom. The van der Waals surface area contributed by atoms with Crippen LogP contribution >= 0.6 is 11.8 Å². The van der Waals surface area contributed by atoms with Crippen LogP contribution in [0.4, 0.5) is 5.69 Å². The maximum atomic E-state index is 11.8. The van der Waals surface area contributed by atoms with Crippen LogP contribution in [0.15, 0.2) is 47.4 Å². The largest absolute Gasteiger partial charge is 0.484 e. The normalized spacial score (nSPS) is 10.3. The predicted octanol–water partition coefficient (Wildman–Crippen LogP) is 3.50. The molecule has 2 aromatic carbocycles. The Morgan fingerprint density at radius 2 is 1.92 bits per heavy atom.